The predicted molar refractivity (Wildman–Crippen MR) is 106 cm³/mol. The highest BCUT2D eigenvalue weighted by Crippen LogP contribution is 2.39. The van der Waals surface area contributed by atoms with Crippen LogP contribution >= 0.6 is 11.8 Å². The van der Waals surface area contributed by atoms with Crippen LogP contribution in [0.5, 0.6) is 0 Å². The number of hydrogen-bond donors (Lipinski definition) is 0. The summed E-state index contributed by atoms with van der Waals surface area (Å²) < 4.78 is 13.0. The van der Waals surface area contributed by atoms with Gasteiger partial charge in [0.25, 0.3) is 0 Å². The van der Waals surface area contributed by atoms with Crippen molar-refractivity contribution in [1.29, 1.82) is 5.26 Å². The molecule has 1 aromatic rings. The van der Waals surface area contributed by atoms with Crippen molar-refractivity contribution in [3.8, 4) is 6.07 Å². The fourth-order valence-corrected chi connectivity index (χ4v) is 4.33. The number of halogens is 1. The van der Waals surface area contributed by atoms with Gasteiger partial charge in [-0.05, 0) is 50.5 Å². The van der Waals surface area contributed by atoms with Gasteiger partial charge in [-0.25, -0.2) is 9.38 Å². The molecule has 0 aromatic heterocycles. The molecule has 2 rings (SSSR count). The van der Waals surface area contributed by atoms with E-state index in [1.165, 1.54) is 43.0 Å². The molecule has 0 fully saturated rings. The third kappa shape index (κ3) is 5.14. The standard InChI is InChI=1S/C21H23FN2O2S/c1-12(2)9-17-18(10-23)21(24-13(3)20(17)14(4)25)27-11-19(26)15-5-7-16(22)8-6-15/h5-8,12,17,20H,9,11H2,1-4H3/t17-,20?/m1/s1. The fraction of sp³-hybridized carbons (Fsp3) is 0.429. The molecule has 0 amide bonds. The molecule has 2 atom stereocenters. The van der Waals surface area contributed by atoms with Crippen LogP contribution in [0.2, 0.25) is 0 Å². The first-order valence-corrected chi connectivity index (χ1v) is 9.84. The van der Waals surface area contributed by atoms with Gasteiger partial charge in [0, 0.05) is 17.2 Å². The number of hydrogen-bond acceptors (Lipinski definition) is 5. The maximum atomic E-state index is 13.0. The van der Waals surface area contributed by atoms with Gasteiger partial charge in [-0.15, -0.1) is 0 Å². The predicted octanol–water partition coefficient (Wildman–Crippen LogP) is 4.82. The molecule has 1 aromatic carbocycles. The molecule has 4 nitrogen and oxygen atoms in total. The van der Waals surface area contributed by atoms with E-state index in [1.54, 1.807) is 6.92 Å². The van der Waals surface area contributed by atoms with E-state index in [9.17, 15) is 19.2 Å². The molecule has 0 aliphatic carbocycles. The zero-order chi connectivity index (χ0) is 20.1. The molecular formula is C21H23FN2O2S. The van der Waals surface area contributed by atoms with Crippen molar-refractivity contribution in [3.05, 3.63) is 46.2 Å². The minimum absolute atomic E-state index is 0.00101. The molecule has 142 valence electrons. The summed E-state index contributed by atoms with van der Waals surface area (Å²) in [5.74, 6) is -0.742. The molecule has 1 unspecified atom stereocenters. The van der Waals surface area contributed by atoms with Crippen LogP contribution in [-0.4, -0.2) is 23.0 Å². The van der Waals surface area contributed by atoms with E-state index in [0.29, 0.717) is 34.2 Å². The number of carbonyl (C=O) groups excluding carboxylic acids is 2. The van der Waals surface area contributed by atoms with Crippen molar-refractivity contribution in [2.24, 2.45) is 22.7 Å². The van der Waals surface area contributed by atoms with Crippen LogP contribution in [0, 0.1) is 34.9 Å². The van der Waals surface area contributed by atoms with Crippen LogP contribution in [0.25, 0.3) is 0 Å². The molecule has 1 aliphatic rings. The lowest BCUT2D eigenvalue weighted by atomic mass is 9.75. The Morgan fingerprint density at radius 1 is 1.30 bits per heavy atom. The Morgan fingerprint density at radius 3 is 2.44 bits per heavy atom. The highest BCUT2D eigenvalue weighted by molar-refractivity contribution is 8.03. The van der Waals surface area contributed by atoms with Gasteiger partial charge in [0.15, 0.2) is 5.78 Å². The van der Waals surface area contributed by atoms with Crippen LogP contribution in [0.3, 0.4) is 0 Å². The number of rotatable bonds is 7. The monoisotopic (exact) mass is 386 g/mol. The normalized spacial score (nSPS) is 19.7. The van der Waals surface area contributed by atoms with Crippen molar-refractivity contribution in [3.63, 3.8) is 0 Å². The Labute approximate surface area is 163 Å². The lowest BCUT2D eigenvalue weighted by molar-refractivity contribution is -0.119. The first-order valence-electron chi connectivity index (χ1n) is 8.86. The van der Waals surface area contributed by atoms with Crippen LogP contribution in [0.4, 0.5) is 4.39 Å². The third-order valence-corrected chi connectivity index (χ3v) is 5.51. The van der Waals surface area contributed by atoms with Gasteiger partial charge in [0.2, 0.25) is 0 Å². The summed E-state index contributed by atoms with van der Waals surface area (Å²) in [4.78, 5) is 29.0. The SMILES string of the molecule is CC(=O)C1C(C)=NC(SCC(=O)c2ccc(F)cc2)=C(C#N)[C@H]1CC(C)C. The highest BCUT2D eigenvalue weighted by Gasteiger charge is 2.36. The number of thioether (sulfide) groups is 1. The van der Waals surface area contributed by atoms with Crippen molar-refractivity contribution in [1.82, 2.24) is 0 Å². The van der Waals surface area contributed by atoms with Gasteiger partial charge < -0.3 is 0 Å². The van der Waals surface area contributed by atoms with E-state index in [2.05, 4.69) is 24.9 Å². The number of carbonyl (C=O) groups is 2. The minimum Gasteiger partial charge on any atom is -0.299 e. The Bertz CT molecular complexity index is 835. The van der Waals surface area contributed by atoms with Gasteiger partial charge >= 0.3 is 0 Å². The summed E-state index contributed by atoms with van der Waals surface area (Å²) in [6, 6.07) is 7.61. The number of Topliss-reactive ketones (excluding diaryl/α,β-unsaturated/α-hetero) is 2. The van der Waals surface area contributed by atoms with Gasteiger partial charge in [-0.3, -0.25) is 9.59 Å². The molecule has 1 aliphatic heterocycles. The Balaban J connectivity index is 2.27. The summed E-state index contributed by atoms with van der Waals surface area (Å²) in [5.41, 5.74) is 1.58. The smallest absolute Gasteiger partial charge is 0.173 e. The Kier molecular flexibility index (Phi) is 7.09. The zero-order valence-electron chi connectivity index (χ0n) is 16.0. The van der Waals surface area contributed by atoms with E-state index in [-0.39, 0.29) is 29.2 Å². The third-order valence-electron chi connectivity index (χ3n) is 4.52. The van der Waals surface area contributed by atoms with Crippen LogP contribution in [-0.2, 0) is 4.79 Å². The van der Waals surface area contributed by atoms with Crippen LogP contribution in [0.15, 0.2) is 39.9 Å². The van der Waals surface area contributed by atoms with Crippen molar-refractivity contribution in [2.75, 3.05) is 5.75 Å². The molecule has 0 bridgehead atoms. The zero-order valence-corrected chi connectivity index (χ0v) is 16.8. The van der Waals surface area contributed by atoms with Gasteiger partial charge in [0.1, 0.15) is 16.6 Å². The van der Waals surface area contributed by atoms with Crippen molar-refractivity contribution < 1.29 is 14.0 Å². The number of allylic oxidation sites excluding steroid dienone is 1. The number of benzene rings is 1. The average molecular weight is 386 g/mol. The molecule has 6 heteroatoms. The Hall–Kier alpha value is -2.26. The molecule has 0 radical (unpaired) electrons. The Morgan fingerprint density at radius 2 is 1.93 bits per heavy atom. The number of nitriles is 1. The number of nitrogens with zero attached hydrogens (tertiary/aromatic N) is 2. The summed E-state index contributed by atoms with van der Waals surface area (Å²) in [6.07, 6.45) is 0.704. The van der Waals surface area contributed by atoms with Gasteiger partial charge in [0.05, 0.1) is 23.3 Å². The summed E-state index contributed by atoms with van der Waals surface area (Å²) in [7, 11) is 0. The van der Waals surface area contributed by atoms with E-state index >= 15 is 0 Å². The van der Waals surface area contributed by atoms with Crippen molar-refractivity contribution >= 4 is 29.0 Å². The van der Waals surface area contributed by atoms with E-state index < -0.39 is 5.82 Å². The lowest BCUT2D eigenvalue weighted by Crippen LogP contribution is -2.33. The number of ketones is 2. The molecule has 0 N–H and O–H groups in total. The van der Waals surface area contributed by atoms with E-state index in [1.807, 2.05) is 0 Å². The molecule has 1 heterocycles. The van der Waals surface area contributed by atoms with E-state index in [0.717, 1.165) is 0 Å². The molecule has 0 spiro atoms. The first kappa shape index (κ1) is 21.0. The number of aliphatic imine (C=N–C) groups is 1. The maximum absolute atomic E-state index is 13.0. The summed E-state index contributed by atoms with van der Waals surface area (Å²) >= 11 is 1.20. The fourth-order valence-electron chi connectivity index (χ4n) is 3.34. The molecular weight excluding hydrogens is 363 g/mol. The highest BCUT2D eigenvalue weighted by atomic mass is 32.2. The van der Waals surface area contributed by atoms with Crippen molar-refractivity contribution in [2.45, 2.75) is 34.1 Å². The molecule has 0 saturated carbocycles. The molecule has 27 heavy (non-hydrogen) atoms. The first-order chi connectivity index (χ1) is 12.7. The summed E-state index contributed by atoms with van der Waals surface area (Å²) in [5, 5.41) is 10.2. The summed E-state index contributed by atoms with van der Waals surface area (Å²) in [6.45, 7) is 7.44. The second kappa shape index (κ2) is 9.09. The quantitative estimate of drug-likeness (QED) is 0.630. The van der Waals surface area contributed by atoms with Gasteiger partial charge in [-0.1, -0.05) is 25.6 Å². The van der Waals surface area contributed by atoms with E-state index in [4.69, 9.17) is 0 Å². The lowest BCUT2D eigenvalue weighted by Gasteiger charge is -2.30. The van der Waals surface area contributed by atoms with Crippen LogP contribution in [0.1, 0.15) is 44.5 Å². The molecule has 0 saturated heterocycles. The van der Waals surface area contributed by atoms with Gasteiger partial charge in [-0.2, -0.15) is 5.26 Å². The minimum atomic E-state index is -0.395. The largest absolute Gasteiger partial charge is 0.299 e. The average Bonchev–Trinajstić information content (AvgIpc) is 2.59. The second-order valence-corrected chi connectivity index (χ2v) is 8.09. The second-order valence-electron chi connectivity index (χ2n) is 7.13. The topological polar surface area (TPSA) is 70.3 Å². The van der Waals surface area contributed by atoms with Crippen LogP contribution < -0.4 is 0 Å². The maximum Gasteiger partial charge on any atom is 0.173 e.